The van der Waals surface area contributed by atoms with Gasteiger partial charge in [0.25, 0.3) is 0 Å². The Morgan fingerprint density at radius 1 is 1.18 bits per heavy atom. The van der Waals surface area contributed by atoms with E-state index in [1.165, 1.54) is 22.5 Å². The summed E-state index contributed by atoms with van der Waals surface area (Å²) in [4.78, 5) is 0. The van der Waals surface area contributed by atoms with Gasteiger partial charge in [-0.05, 0) is 31.0 Å². The summed E-state index contributed by atoms with van der Waals surface area (Å²) < 4.78 is 2.45. The van der Waals surface area contributed by atoms with Gasteiger partial charge >= 0.3 is 0 Å². The highest BCUT2D eigenvalue weighted by Crippen LogP contribution is 2.29. The summed E-state index contributed by atoms with van der Waals surface area (Å²) in [5.74, 6) is 0. The van der Waals surface area contributed by atoms with Crippen molar-refractivity contribution in [1.29, 1.82) is 0 Å². The zero-order valence-corrected chi connectivity index (χ0v) is 10.4. The molecule has 1 N–H and O–H groups in total. The van der Waals surface area contributed by atoms with Gasteiger partial charge in [0.05, 0.1) is 6.04 Å². The molecule has 1 atom stereocenters. The second-order valence-corrected chi connectivity index (χ2v) is 4.80. The Hall–Kier alpha value is -1.54. The molecule has 0 saturated carbocycles. The molecule has 0 unspecified atom stereocenters. The topological polar surface area (TPSA) is 17.0 Å². The highest BCUT2D eigenvalue weighted by atomic mass is 15.1. The quantitative estimate of drug-likeness (QED) is 0.791. The summed E-state index contributed by atoms with van der Waals surface area (Å²) in [7, 11) is 0. The van der Waals surface area contributed by atoms with Crippen LogP contribution in [-0.2, 0) is 6.54 Å². The molecule has 1 aliphatic heterocycles. The van der Waals surface area contributed by atoms with Crippen molar-refractivity contribution < 1.29 is 0 Å². The normalized spacial score (nSPS) is 19.1. The molecular formula is C15H18N2. The molecular weight excluding hydrogens is 208 g/mol. The molecule has 0 amide bonds. The molecule has 2 aromatic rings. The molecule has 0 spiro atoms. The molecule has 1 aromatic carbocycles. The molecule has 0 bridgehead atoms. The lowest BCUT2D eigenvalue weighted by Gasteiger charge is -2.28. The van der Waals surface area contributed by atoms with Crippen molar-refractivity contribution in [2.75, 3.05) is 6.54 Å². The van der Waals surface area contributed by atoms with Crippen LogP contribution < -0.4 is 5.32 Å². The van der Waals surface area contributed by atoms with E-state index in [-0.39, 0.29) is 0 Å². The Labute approximate surface area is 102 Å². The smallest absolute Gasteiger partial charge is 0.0734 e. The second kappa shape index (κ2) is 4.04. The van der Waals surface area contributed by atoms with E-state index in [0.29, 0.717) is 6.04 Å². The number of nitrogens with zero attached hydrogens (tertiary/aromatic N) is 1. The summed E-state index contributed by atoms with van der Waals surface area (Å²) in [6, 6.07) is 13.3. The maximum atomic E-state index is 3.62. The summed E-state index contributed by atoms with van der Waals surface area (Å²) >= 11 is 0. The van der Waals surface area contributed by atoms with Crippen molar-refractivity contribution in [2.45, 2.75) is 26.4 Å². The third-order valence-corrected chi connectivity index (χ3v) is 3.64. The average molecular weight is 226 g/mol. The number of benzene rings is 1. The number of fused-ring (bicyclic) bond motifs is 1. The maximum Gasteiger partial charge on any atom is 0.0734 e. The first kappa shape index (κ1) is 10.6. The van der Waals surface area contributed by atoms with Crippen molar-refractivity contribution in [1.82, 2.24) is 9.88 Å². The standard InChI is InChI=1S/C15H18N2/c1-11-10-12(2)17-9-8-16-14(15(11)17)13-6-4-3-5-7-13/h3-7,10,14,16H,8-9H2,1-2H3/t14-/m0/s1. The molecule has 88 valence electrons. The summed E-state index contributed by atoms with van der Waals surface area (Å²) in [6.07, 6.45) is 0. The van der Waals surface area contributed by atoms with Crippen LogP contribution in [0.3, 0.4) is 0 Å². The lowest BCUT2D eigenvalue weighted by Crippen LogP contribution is -2.34. The van der Waals surface area contributed by atoms with E-state index >= 15 is 0 Å². The van der Waals surface area contributed by atoms with Crippen LogP contribution in [0.5, 0.6) is 0 Å². The molecule has 0 radical (unpaired) electrons. The monoisotopic (exact) mass is 226 g/mol. The van der Waals surface area contributed by atoms with E-state index in [2.05, 4.69) is 60.1 Å². The lowest BCUT2D eigenvalue weighted by atomic mass is 10.00. The Morgan fingerprint density at radius 2 is 1.94 bits per heavy atom. The van der Waals surface area contributed by atoms with E-state index in [0.717, 1.165) is 13.1 Å². The number of aromatic nitrogens is 1. The van der Waals surface area contributed by atoms with Gasteiger partial charge in [0.15, 0.2) is 0 Å². The summed E-state index contributed by atoms with van der Waals surface area (Å²) in [5, 5.41) is 3.62. The summed E-state index contributed by atoms with van der Waals surface area (Å²) in [5.41, 5.74) is 5.55. The van der Waals surface area contributed by atoms with E-state index in [4.69, 9.17) is 0 Å². The highest BCUT2D eigenvalue weighted by molar-refractivity contribution is 5.37. The molecule has 17 heavy (non-hydrogen) atoms. The van der Waals surface area contributed by atoms with Crippen LogP contribution >= 0.6 is 0 Å². The van der Waals surface area contributed by atoms with Gasteiger partial charge in [-0.15, -0.1) is 0 Å². The predicted molar refractivity (Wildman–Crippen MR) is 70.2 cm³/mol. The largest absolute Gasteiger partial charge is 0.346 e. The van der Waals surface area contributed by atoms with Crippen molar-refractivity contribution in [3.8, 4) is 0 Å². The molecule has 2 heteroatoms. The van der Waals surface area contributed by atoms with Crippen molar-refractivity contribution in [3.05, 3.63) is 58.9 Å². The van der Waals surface area contributed by atoms with Crippen LogP contribution in [0.15, 0.2) is 36.4 Å². The third kappa shape index (κ3) is 1.69. The van der Waals surface area contributed by atoms with Gasteiger partial charge in [-0.1, -0.05) is 30.3 Å². The molecule has 3 rings (SSSR count). The highest BCUT2D eigenvalue weighted by Gasteiger charge is 2.24. The van der Waals surface area contributed by atoms with E-state index in [9.17, 15) is 0 Å². The van der Waals surface area contributed by atoms with Gasteiger partial charge in [-0.3, -0.25) is 0 Å². The predicted octanol–water partition coefficient (Wildman–Crippen LogP) is 2.80. The van der Waals surface area contributed by atoms with Gasteiger partial charge < -0.3 is 9.88 Å². The molecule has 0 saturated heterocycles. The van der Waals surface area contributed by atoms with Crippen LogP contribution in [0, 0.1) is 13.8 Å². The molecule has 0 fully saturated rings. The minimum atomic E-state index is 0.346. The van der Waals surface area contributed by atoms with Crippen LogP contribution in [0.25, 0.3) is 0 Å². The zero-order valence-electron chi connectivity index (χ0n) is 10.4. The number of hydrogen-bond donors (Lipinski definition) is 1. The Balaban J connectivity index is 2.11. The van der Waals surface area contributed by atoms with Gasteiger partial charge in [-0.25, -0.2) is 0 Å². The molecule has 2 heterocycles. The van der Waals surface area contributed by atoms with Crippen LogP contribution in [0.1, 0.15) is 28.6 Å². The van der Waals surface area contributed by atoms with Crippen LogP contribution in [0.4, 0.5) is 0 Å². The Bertz CT molecular complexity index is 525. The first-order chi connectivity index (χ1) is 8.27. The first-order valence-corrected chi connectivity index (χ1v) is 6.22. The van der Waals surface area contributed by atoms with Crippen LogP contribution in [-0.4, -0.2) is 11.1 Å². The van der Waals surface area contributed by atoms with Crippen LogP contribution in [0.2, 0.25) is 0 Å². The van der Waals surface area contributed by atoms with Gasteiger partial charge in [0, 0.05) is 24.5 Å². The minimum absolute atomic E-state index is 0.346. The lowest BCUT2D eigenvalue weighted by molar-refractivity contribution is 0.460. The number of rotatable bonds is 1. The molecule has 0 aliphatic carbocycles. The van der Waals surface area contributed by atoms with Gasteiger partial charge in [-0.2, -0.15) is 0 Å². The fourth-order valence-electron chi connectivity index (χ4n) is 2.89. The second-order valence-electron chi connectivity index (χ2n) is 4.80. The molecule has 1 aromatic heterocycles. The third-order valence-electron chi connectivity index (χ3n) is 3.64. The fourth-order valence-corrected chi connectivity index (χ4v) is 2.89. The molecule has 2 nitrogen and oxygen atoms in total. The SMILES string of the molecule is Cc1cc(C)n2c1[C@H](c1ccccc1)NCC2. The Morgan fingerprint density at radius 3 is 2.71 bits per heavy atom. The number of aryl methyl sites for hydroxylation is 2. The van der Waals surface area contributed by atoms with Crippen molar-refractivity contribution >= 4 is 0 Å². The zero-order chi connectivity index (χ0) is 11.8. The maximum absolute atomic E-state index is 3.62. The number of nitrogens with one attached hydrogen (secondary N) is 1. The average Bonchev–Trinajstić information content (AvgIpc) is 2.66. The Kier molecular flexibility index (Phi) is 2.52. The van der Waals surface area contributed by atoms with Gasteiger partial charge in [0.1, 0.15) is 0 Å². The van der Waals surface area contributed by atoms with E-state index in [1.807, 2.05) is 0 Å². The molecule has 1 aliphatic rings. The van der Waals surface area contributed by atoms with Gasteiger partial charge in [0.2, 0.25) is 0 Å². The van der Waals surface area contributed by atoms with E-state index < -0.39 is 0 Å². The minimum Gasteiger partial charge on any atom is -0.346 e. The summed E-state index contributed by atoms with van der Waals surface area (Å²) in [6.45, 7) is 6.53. The fraction of sp³-hybridized carbons (Fsp3) is 0.333. The van der Waals surface area contributed by atoms with E-state index in [1.54, 1.807) is 0 Å². The number of hydrogen-bond acceptors (Lipinski definition) is 1. The van der Waals surface area contributed by atoms with Crippen molar-refractivity contribution in [3.63, 3.8) is 0 Å². The first-order valence-electron chi connectivity index (χ1n) is 6.22. The van der Waals surface area contributed by atoms with Crippen molar-refractivity contribution in [2.24, 2.45) is 0 Å².